The zero-order valence-electron chi connectivity index (χ0n) is 14.6. The summed E-state index contributed by atoms with van der Waals surface area (Å²) in [6.45, 7) is 0.699. The molecule has 0 bridgehead atoms. The lowest BCUT2D eigenvalue weighted by atomic mass is 10.2. The molecule has 2 heterocycles. The molecule has 1 unspecified atom stereocenters. The number of imidazole rings is 1. The van der Waals surface area contributed by atoms with E-state index in [0.29, 0.717) is 29.2 Å². The van der Waals surface area contributed by atoms with Gasteiger partial charge in [0.05, 0.1) is 26.5 Å². The van der Waals surface area contributed by atoms with Crippen molar-refractivity contribution in [3.05, 3.63) is 48.3 Å². The van der Waals surface area contributed by atoms with E-state index in [1.807, 2.05) is 0 Å². The van der Waals surface area contributed by atoms with E-state index in [9.17, 15) is 16.8 Å². The lowest BCUT2D eigenvalue weighted by Crippen LogP contribution is -2.16. The first kappa shape index (κ1) is 18.9. The number of benzene rings is 2. The van der Waals surface area contributed by atoms with Gasteiger partial charge in [0.1, 0.15) is 11.9 Å². The van der Waals surface area contributed by atoms with Crippen molar-refractivity contribution in [1.29, 1.82) is 0 Å². The highest BCUT2D eigenvalue weighted by atomic mass is 32.2. The van der Waals surface area contributed by atoms with Crippen molar-refractivity contribution < 1.29 is 21.6 Å². The van der Waals surface area contributed by atoms with E-state index in [1.165, 1.54) is 18.2 Å². The monoisotopic (exact) mass is 422 g/mol. The number of hydrogen-bond acceptors (Lipinski definition) is 6. The van der Waals surface area contributed by atoms with Crippen molar-refractivity contribution in [2.24, 2.45) is 5.14 Å². The highest BCUT2D eigenvalue weighted by Gasteiger charge is 2.22. The summed E-state index contributed by atoms with van der Waals surface area (Å²) < 4.78 is 56.3. The molecule has 0 spiro atoms. The summed E-state index contributed by atoms with van der Waals surface area (Å²) in [5.74, 6) is 0.716. The average molecular weight is 422 g/mol. The number of primary sulfonamides is 1. The molecule has 4 N–H and O–H groups in total. The van der Waals surface area contributed by atoms with Crippen molar-refractivity contribution in [2.45, 2.75) is 28.7 Å². The first-order valence-corrected chi connectivity index (χ1v) is 11.5. The Bertz CT molecular complexity index is 1250. The number of hydrogen-bond donors (Lipinski definition) is 3. The van der Waals surface area contributed by atoms with Gasteiger partial charge in [-0.2, -0.15) is 0 Å². The Morgan fingerprint density at radius 2 is 1.89 bits per heavy atom. The van der Waals surface area contributed by atoms with Crippen LogP contribution < -0.4 is 9.86 Å². The average Bonchev–Trinajstić information content (AvgIpc) is 3.30. The summed E-state index contributed by atoms with van der Waals surface area (Å²) in [4.78, 5) is 7.17. The molecule has 1 atom stereocenters. The molecular formula is C17H18N4O5S2. The molecule has 0 aliphatic carbocycles. The van der Waals surface area contributed by atoms with Crippen molar-refractivity contribution in [3.63, 3.8) is 0 Å². The quantitative estimate of drug-likeness (QED) is 0.572. The first-order valence-electron chi connectivity index (χ1n) is 8.49. The minimum absolute atomic E-state index is 0.0755. The number of aromatic nitrogens is 2. The fraction of sp³-hybridized carbons (Fsp3) is 0.235. The summed E-state index contributed by atoms with van der Waals surface area (Å²) in [5, 5.41) is 5.07. The second-order valence-electron chi connectivity index (χ2n) is 6.48. The standard InChI is InChI=1S/C17H18N4O5S2/c18-27(22,23)12-3-1-4-13(10-12)28(24,25)21-11-6-7-14-15(9-11)20-17(19-14)16-5-2-8-26-16/h1,3-4,6-7,9-10,16,21H,2,5,8H2,(H,19,20)(H2,18,22,23). The molecule has 0 saturated carbocycles. The van der Waals surface area contributed by atoms with Crippen LogP contribution in [0.2, 0.25) is 0 Å². The van der Waals surface area contributed by atoms with Crippen LogP contribution in [0.5, 0.6) is 0 Å². The van der Waals surface area contributed by atoms with Crippen LogP contribution >= 0.6 is 0 Å². The van der Waals surface area contributed by atoms with Gasteiger partial charge in [-0.3, -0.25) is 4.72 Å². The molecule has 2 aromatic carbocycles. The molecule has 1 aliphatic heterocycles. The van der Waals surface area contributed by atoms with E-state index < -0.39 is 20.0 Å². The number of aromatic amines is 1. The number of ether oxygens (including phenoxy) is 1. The molecule has 4 rings (SSSR count). The van der Waals surface area contributed by atoms with Crippen LogP contribution in [-0.4, -0.2) is 33.4 Å². The number of rotatable bonds is 5. The van der Waals surface area contributed by atoms with Crippen molar-refractivity contribution in [2.75, 3.05) is 11.3 Å². The number of nitrogens with two attached hydrogens (primary N) is 1. The van der Waals surface area contributed by atoms with Crippen LogP contribution in [0.15, 0.2) is 52.3 Å². The first-order chi connectivity index (χ1) is 13.2. The summed E-state index contributed by atoms with van der Waals surface area (Å²) in [6, 6.07) is 9.77. The maximum Gasteiger partial charge on any atom is 0.261 e. The molecule has 3 aromatic rings. The molecule has 28 heavy (non-hydrogen) atoms. The summed E-state index contributed by atoms with van der Waals surface area (Å²) in [7, 11) is -8.01. The fourth-order valence-corrected chi connectivity index (χ4v) is 4.80. The molecule has 1 saturated heterocycles. The number of fused-ring (bicyclic) bond motifs is 1. The SMILES string of the molecule is NS(=O)(=O)c1cccc(S(=O)(=O)Nc2ccc3nc(C4CCCO4)[nH]c3c2)c1. The van der Waals surface area contributed by atoms with Crippen LogP contribution in [0.25, 0.3) is 11.0 Å². The van der Waals surface area contributed by atoms with E-state index in [-0.39, 0.29) is 15.9 Å². The van der Waals surface area contributed by atoms with Gasteiger partial charge in [-0.25, -0.2) is 27.0 Å². The van der Waals surface area contributed by atoms with Gasteiger partial charge in [0.15, 0.2) is 0 Å². The molecule has 0 radical (unpaired) electrons. The molecule has 1 aliphatic rings. The van der Waals surface area contributed by atoms with Gasteiger partial charge in [0.2, 0.25) is 10.0 Å². The molecule has 1 fully saturated rings. The molecule has 1 aromatic heterocycles. The maximum absolute atomic E-state index is 12.6. The van der Waals surface area contributed by atoms with Crippen LogP contribution in [-0.2, 0) is 24.8 Å². The molecular weight excluding hydrogens is 404 g/mol. The normalized spacial score (nSPS) is 17.8. The maximum atomic E-state index is 12.6. The summed E-state index contributed by atoms with van der Waals surface area (Å²) in [6.07, 6.45) is 1.79. The van der Waals surface area contributed by atoms with Crippen molar-refractivity contribution >= 4 is 36.8 Å². The number of nitrogens with zero attached hydrogens (tertiary/aromatic N) is 1. The smallest absolute Gasteiger partial charge is 0.261 e. The summed E-state index contributed by atoms with van der Waals surface area (Å²) in [5.41, 5.74) is 1.68. The predicted octanol–water partition coefficient (Wildman–Crippen LogP) is 1.86. The zero-order valence-corrected chi connectivity index (χ0v) is 16.3. The minimum atomic E-state index is -4.01. The molecule has 0 amide bonds. The van der Waals surface area contributed by atoms with Gasteiger partial charge in [-0.15, -0.1) is 0 Å². The third-order valence-corrected chi connectivity index (χ3v) is 6.72. The largest absolute Gasteiger partial charge is 0.370 e. The van der Waals surface area contributed by atoms with Crippen molar-refractivity contribution in [1.82, 2.24) is 9.97 Å². The van der Waals surface area contributed by atoms with E-state index >= 15 is 0 Å². The van der Waals surface area contributed by atoms with Gasteiger partial charge in [-0.1, -0.05) is 6.07 Å². The Balaban J connectivity index is 1.63. The van der Waals surface area contributed by atoms with Gasteiger partial charge < -0.3 is 9.72 Å². The highest BCUT2D eigenvalue weighted by molar-refractivity contribution is 7.93. The van der Waals surface area contributed by atoms with E-state index in [1.54, 1.807) is 18.2 Å². The Morgan fingerprint density at radius 3 is 2.61 bits per heavy atom. The van der Waals surface area contributed by atoms with Gasteiger partial charge in [0, 0.05) is 6.61 Å². The Kier molecular flexibility index (Phi) is 4.62. The van der Waals surface area contributed by atoms with Gasteiger partial charge in [0.25, 0.3) is 10.0 Å². The molecule has 148 valence electrons. The number of H-pyrrole nitrogens is 1. The minimum Gasteiger partial charge on any atom is -0.370 e. The molecule has 9 nitrogen and oxygen atoms in total. The van der Waals surface area contributed by atoms with Gasteiger partial charge >= 0.3 is 0 Å². The lowest BCUT2D eigenvalue weighted by molar-refractivity contribution is 0.106. The van der Waals surface area contributed by atoms with Crippen LogP contribution in [0.1, 0.15) is 24.8 Å². The van der Waals surface area contributed by atoms with Crippen LogP contribution in [0.4, 0.5) is 5.69 Å². The van der Waals surface area contributed by atoms with E-state index in [0.717, 1.165) is 18.9 Å². The number of sulfonamides is 2. The Hall–Kier alpha value is -2.47. The second kappa shape index (κ2) is 6.85. The third kappa shape index (κ3) is 3.74. The van der Waals surface area contributed by atoms with Crippen LogP contribution in [0.3, 0.4) is 0 Å². The summed E-state index contributed by atoms with van der Waals surface area (Å²) >= 11 is 0. The molecule has 11 heteroatoms. The van der Waals surface area contributed by atoms with Gasteiger partial charge in [-0.05, 0) is 49.2 Å². The number of anilines is 1. The fourth-order valence-electron chi connectivity index (χ4n) is 3.07. The second-order valence-corrected chi connectivity index (χ2v) is 9.72. The highest BCUT2D eigenvalue weighted by Crippen LogP contribution is 2.29. The lowest BCUT2D eigenvalue weighted by Gasteiger charge is -2.09. The Morgan fingerprint density at radius 1 is 1.11 bits per heavy atom. The Labute approximate surface area is 162 Å². The van der Waals surface area contributed by atoms with E-state index in [4.69, 9.17) is 9.88 Å². The third-order valence-electron chi connectivity index (χ3n) is 4.43. The van der Waals surface area contributed by atoms with Crippen LogP contribution in [0, 0.1) is 0 Å². The zero-order chi connectivity index (χ0) is 19.9. The number of nitrogens with one attached hydrogen (secondary N) is 2. The predicted molar refractivity (Wildman–Crippen MR) is 103 cm³/mol. The topological polar surface area (TPSA) is 144 Å². The van der Waals surface area contributed by atoms with E-state index in [2.05, 4.69) is 14.7 Å². The van der Waals surface area contributed by atoms with Crippen molar-refractivity contribution in [3.8, 4) is 0 Å².